The number of pyridine rings is 1. The standard InChI is InChI=1S/C27H20ClF2N5O5/c1-14-3-2-4-17(18-6-8-23(40-26(18)37)19-12-16(28)5-7-22(19)35(38)39)20-11-15(9-10-31-20)24-21(33-25(14)36)13-32-34(24)27(29)30/h4-14,27H,2-3H2,1H3,(H,33,36)/b17-4-/t14-/m1/s1. The maximum atomic E-state index is 13.8. The normalized spacial score (nSPS) is 16.8. The van der Waals surface area contributed by atoms with Gasteiger partial charge in [-0.05, 0) is 49.2 Å². The number of nitrogens with zero attached hydrogens (tertiary/aromatic N) is 4. The van der Waals surface area contributed by atoms with Crippen LogP contribution in [0.2, 0.25) is 5.02 Å². The van der Waals surface area contributed by atoms with Crippen LogP contribution in [-0.4, -0.2) is 25.6 Å². The molecule has 1 aromatic carbocycles. The van der Waals surface area contributed by atoms with Gasteiger partial charge in [-0.1, -0.05) is 24.6 Å². The second-order valence-electron chi connectivity index (χ2n) is 9.06. The zero-order valence-electron chi connectivity index (χ0n) is 20.8. The topological polar surface area (TPSA) is 133 Å². The number of nitro groups is 1. The smallest absolute Gasteiger partial charge is 0.344 e. The largest absolute Gasteiger partial charge is 0.422 e. The molecule has 0 unspecified atom stereocenters. The summed E-state index contributed by atoms with van der Waals surface area (Å²) in [6, 6.07) is 9.76. The summed E-state index contributed by atoms with van der Waals surface area (Å²) in [5.74, 6) is -0.922. The number of alkyl halides is 2. The first-order valence-corrected chi connectivity index (χ1v) is 12.4. The van der Waals surface area contributed by atoms with Crippen LogP contribution in [0.4, 0.5) is 20.2 Å². The van der Waals surface area contributed by atoms with Crippen molar-refractivity contribution in [3.63, 3.8) is 0 Å². The number of allylic oxidation sites excluding steroid dienone is 1. The van der Waals surface area contributed by atoms with Gasteiger partial charge in [-0.25, -0.2) is 9.48 Å². The van der Waals surface area contributed by atoms with Crippen molar-refractivity contribution in [2.45, 2.75) is 26.3 Å². The Bertz CT molecular complexity index is 1730. The van der Waals surface area contributed by atoms with E-state index in [1.165, 1.54) is 48.7 Å². The Hall–Kier alpha value is -4.71. The van der Waals surface area contributed by atoms with E-state index in [0.29, 0.717) is 28.8 Å². The van der Waals surface area contributed by atoms with Gasteiger partial charge >= 0.3 is 12.2 Å². The van der Waals surface area contributed by atoms with Crippen molar-refractivity contribution in [3.05, 3.63) is 97.7 Å². The molecule has 0 spiro atoms. The van der Waals surface area contributed by atoms with E-state index in [0.717, 1.165) is 6.20 Å². The predicted molar refractivity (Wildman–Crippen MR) is 143 cm³/mol. The van der Waals surface area contributed by atoms with Crippen molar-refractivity contribution < 1.29 is 22.9 Å². The molecule has 1 atom stereocenters. The fourth-order valence-corrected chi connectivity index (χ4v) is 4.63. The van der Waals surface area contributed by atoms with Gasteiger partial charge in [0, 0.05) is 34.3 Å². The fraction of sp³-hybridized carbons (Fsp3) is 0.185. The molecule has 4 heterocycles. The Labute approximate surface area is 230 Å². The van der Waals surface area contributed by atoms with Gasteiger partial charge in [0.1, 0.15) is 5.76 Å². The minimum absolute atomic E-state index is 0.0187. The molecule has 4 aromatic rings. The summed E-state index contributed by atoms with van der Waals surface area (Å²) in [5.41, 5.74) is 0.0470. The molecule has 1 aliphatic heterocycles. The Morgan fingerprint density at radius 2 is 1.98 bits per heavy atom. The summed E-state index contributed by atoms with van der Waals surface area (Å²) in [7, 11) is 0. The van der Waals surface area contributed by atoms with Crippen LogP contribution < -0.4 is 10.9 Å². The number of benzene rings is 1. The number of aromatic nitrogens is 3. The molecule has 204 valence electrons. The first-order valence-electron chi connectivity index (χ1n) is 12.1. The zero-order valence-corrected chi connectivity index (χ0v) is 21.6. The molecular formula is C27H20ClF2N5O5. The van der Waals surface area contributed by atoms with Gasteiger partial charge in [-0.2, -0.15) is 13.9 Å². The Kier molecular flexibility index (Phi) is 7.26. The second kappa shape index (κ2) is 10.8. The average molecular weight is 568 g/mol. The van der Waals surface area contributed by atoms with Gasteiger partial charge in [-0.3, -0.25) is 19.9 Å². The number of carbonyl (C=O) groups is 1. The molecule has 0 radical (unpaired) electrons. The third-order valence-corrected chi connectivity index (χ3v) is 6.71. The van der Waals surface area contributed by atoms with Crippen LogP contribution in [0.25, 0.3) is 28.2 Å². The molecule has 1 amide bonds. The number of fused-ring (bicyclic) bond motifs is 4. The molecule has 1 aliphatic rings. The lowest BCUT2D eigenvalue weighted by Crippen LogP contribution is -2.21. The molecule has 0 fully saturated rings. The third kappa shape index (κ3) is 5.13. The minimum Gasteiger partial charge on any atom is -0.422 e. The Balaban J connectivity index is 1.66. The van der Waals surface area contributed by atoms with Crippen molar-refractivity contribution in [2.24, 2.45) is 5.92 Å². The summed E-state index contributed by atoms with van der Waals surface area (Å²) in [4.78, 5) is 41.3. The van der Waals surface area contributed by atoms with Gasteiger partial charge in [0.05, 0.1) is 39.3 Å². The summed E-state index contributed by atoms with van der Waals surface area (Å²) in [6.45, 7) is -1.28. The molecule has 1 N–H and O–H groups in total. The number of nitro benzene ring substituents is 1. The minimum atomic E-state index is -2.98. The lowest BCUT2D eigenvalue weighted by molar-refractivity contribution is -0.384. The fourth-order valence-electron chi connectivity index (χ4n) is 4.46. The van der Waals surface area contributed by atoms with Crippen LogP contribution in [0.15, 0.2) is 70.1 Å². The van der Waals surface area contributed by atoms with Crippen molar-refractivity contribution >= 4 is 34.5 Å². The van der Waals surface area contributed by atoms with Gasteiger partial charge in [0.25, 0.3) is 5.69 Å². The van der Waals surface area contributed by atoms with E-state index in [2.05, 4.69) is 15.4 Å². The number of halogens is 3. The summed E-state index contributed by atoms with van der Waals surface area (Å²) < 4.78 is 33.6. The number of carbonyl (C=O) groups excluding carboxylic acids is 1. The highest BCUT2D eigenvalue weighted by Crippen LogP contribution is 2.35. The third-order valence-electron chi connectivity index (χ3n) is 6.48. The molecule has 13 heteroatoms. The Morgan fingerprint density at radius 3 is 2.70 bits per heavy atom. The van der Waals surface area contributed by atoms with Crippen LogP contribution >= 0.6 is 11.6 Å². The van der Waals surface area contributed by atoms with Crippen molar-refractivity contribution in [1.82, 2.24) is 14.8 Å². The second-order valence-corrected chi connectivity index (χ2v) is 9.50. The van der Waals surface area contributed by atoms with E-state index in [-0.39, 0.29) is 50.4 Å². The van der Waals surface area contributed by atoms with E-state index < -0.39 is 23.0 Å². The van der Waals surface area contributed by atoms with Gasteiger partial charge in [-0.15, -0.1) is 0 Å². The lowest BCUT2D eigenvalue weighted by atomic mass is 9.96. The molecule has 10 nitrogen and oxygen atoms in total. The van der Waals surface area contributed by atoms with Crippen LogP contribution in [0.5, 0.6) is 0 Å². The van der Waals surface area contributed by atoms with Crippen molar-refractivity contribution in [2.75, 3.05) is 5.32 Å². The van der Waals surface area contributed by atoms with E-state index in [1.54, 1.807) is 13.0 Å². The van der Waals surface area contributed by atoms with Crippen LogP contribution in [0.3, 0.4) is 0 Å². The lowest BCUT2D eigenvalue weighted by Gasteiger charge is -2.16. The number of nitrogens with one attached hydrogen (secondary N) is 1. The molecule has 0 aliphatic carbocycles. The molecule has 3 aromatic heterocycles. The van der Waals surface area contributed by atoms with E-state index in [1.807, 2.05) is 0 Å². The van der Waals surface area contributed by atoms with Crippen molar-refractivity contribution in [1.29, 1.82) is 0 Å². The molecule has 2 bridgehead atoms. The van der Waals surface area contributed by atoms with Crippen LogP contribution in [0.1, 0.15) is 37.6 Å². The number of rotatable bonds is 4. The van der Waals surface area contributed by atoms with E-state index >= 15 is 0 Å². The van der Waals surface area contributed by atoms with Gasteiger partial charge in [0.2, 0.25) is 5.91 Å². The molecular weight excluding hydrogens is 548 g/mol. The van der Waals surface area contributed by atoms with Crippen LogP contribution in [-0.2, 0) is 4.79 Å². The average Bonchev–Trinajstić information content (AvgIpc) is 3.34. The van der Waals surface area contributed by atoms with Gasteiger partial charge < -0.3 is 9.73 Å². The Morgan fingerprint density at radius 1 is 1.18 bits per heavy atom. The number of hydrogen-bond donors (Lipinski definition) is 1. The predicted octanol–water partition coefficient (Wildman–Crippen LogP) is 6.32. The highest BCUT2D eigenvalue weighted by atomic mass is 35.5. The first kappa shape index (κ1) is 26.9. The van der Waals surface area contributed by atoms with E-state index in [4.69, 9.17) is 16.0 Å². The molecule has 5 rings (SSSR count). The quantitative estimate of drug-likeness (QED) is 0.225. The number of amides is 1. The molecule has 40 heavy (non-hydrogen) atoms. The van der Waals surface area contributed by atoms with Gasteiger partial charge in [0.15, 0.2) is 0 Å². The maximum absolute atomic E-state index is 13.8. The summed E-state index contributed by atoms with van der Waals surface area (Å²) in [6.07, 6.45) is 5.03. The maximum Gasteiger partial charge on any atom is 0.344 e. The van der Waals surface area contributed by atoms with Crippen LogP contribution in [0, 0.1) is 16.0 Å². The number of hydrogen-bond acceptors (Lipinski definition) is 7. The highest BCUT2D eigenvalue weighted by molar-refractivity contribution is 6.31. The molecule has 0 saturated carbocycles. The monoisotopic (exact) mass is 567 g/mol. The first-order chi connectivity index (χ1) is 19.1. The van der Waals surface area contributed by atoms with E-state index in [9.17, 15) is 28.5 Å². The zero-order chi connectivity index (χ0) is 28.6. The molecule has 0 saturated heterocycles. The summed E-state index contributed by atoms with van der Waals surface area (Å²) in [5, 5.41) is 18.2. The summed E-state index contributed by atoms with van der Waals surface area (Å²) >= 11 is 6.03. The SMILES string of the molecule is C[C@@H]1CC/C=C(/c2ccc(-c3cc(Cl)ccc3[N+](=O)[O-])oc2=O)c2cc(ccn2)-c2c(cnn2C(F)F)NC1=O. The number of anilines is 1. The van der Waals surface area contributed by atoms with Crippen molar-refractivity contribution in [3.8, 4) is 22.6 Å². The highest BCUT2D eigenvalue weighted by Gasteiger charge is 2.25.